The van der Waals surface area contributed by atoms with Crippen LogP contribution >= 0.6 is 0 Å². The lowest BCUT2D eigenvalue weighted by Crippen LogP contribution is -2.01. The number of fused-ring (bicyclic) bond motifs is 6. The van der Waals surface area contributed by atoms with Crippen molar-refractivity contribution in [3.8, 4) is 78.7 Å². The van der Waals surface area contributed by atoms with Crippen molar-refractivity contribution in [3.05, 3.63) is 176 Å². The molecule has 0 bridgehead atoms. The molecule has 0 amide bonds. The molecule has 10 aromatic rings. The van der Waals surface area contributed by atoms with Gasteiger partial charge >= 0.3 is 0 Å². The van der Waals surface area contributed by atoms with Crippen LogP contribution in [0.1, 0.15) is 0 Å². The molecule has 0 saturated carbocycles. The Balaban J connectivity index is 1.16. The van der Waals surface area contributed by atoms with Gasteiger partial charge in [-0.15, -0.1) is 0 Å². The summed E-state index contributed by atoms with van der Waals surface area (Å²) in [4.78, 5) is 15.8. The summed E-state index contributed by atoms with van der Waals surface area (Å²) >= 11 is 0. The van der Waals surface area contributed by atoms with Gasteiger partial charge in [0.05, 0.1) is 0 Å². The van der Waals surface area contributed by atoms with Crippen LogP contribution in [-0.2, 0) is 0 Å². The molecule has 1 aliphatic carbocycles. The van der Waals surface area contributed by atoms with Crippen molar-refractivity contribution >= 4 is 32.7 Å². The van der Waals surface area contributed by atoms with Gasteiger partial charge in [-0.2, -0.15) is 0 Å². The van der Waals surface area contributed by atoms with Gasteiger partial charge in [0.25, 0.3) is 0 Å². The average molecular weight is 676 g/mol. The van der Waals surface area contributed by atoms with Crippen LogP contribution in [0.15, 0.2) is 180 Å². The fraction of sp³-hybridized carbons (Fsp3) is 0. The molecular weight excluding hydrogens is 647 g/mol. The van der Waals surface area contributed by atoms with E-state index in [1.807, 2.05) is 36.4 Å². The fourth-order valence-corrected chi connectivity index (χ4v) is 8.15. The summed E-state index contributed by atoms with van der Waals surface area (Å²) in [6.45, 7) is 0. The highest BCUT2D eigenvalue weighted by Crippen LogP contribution is 2.52. The lowest BCUT2D eigenvalue weighted by molar-refractivity contribution is 0.669. The summed E-state index contributed by atoms with van der Waals surface area (Å²) < 4.78 is 6.31. The Morgan fingerprint density at radius 1 is 0.321 bits per heavy atom. The molecule has 0 aliphatic heterocycles. The van der Waals surface area contributed by atoms with Gasteiger partial charge in [0.1, 0.15) is 11.2 Å². The minimum Gasteiger partial charge on any atom is -0.456 e. The molecule has 4 nitrogen and oxygen atoms in total. The van der Waals surface area contributed by atoms with Crippen LogP contribution in [-0.4, -0.2) is 15.0 Å². The number of hydrogen-bond acceptors (Lipinski definition) is 4. The Morgan fingerprint density at radius 3 is 1.74 bits per heavy atom. The van der Waals surface area contributed by atoms with Crippen molar-refractivity contribution in [1.29, 1.82) is 0 Å². The monoisotopic (exact) mass is 675 g/mol. The quantitative estimate of drug-likeness (QED) is 0.182. The number of hydrogen-bond donors (Lipinski definition) is 0. The summed E-state index contributed by atoms with van der Waals surface area (Å²) in [5.74, 6) is 1.82. The number of para-hydroxylation sites is 1. The fourth-order valence-electron chi connectivity index (χ4n) is 8.15. The molecule has 0 atom stereocenters. The van der Waals surface area contributed by atoms with E-state index in [1.165, 1.54) is 33.0 Å². The Kier molecular flexibility index (Phi) is 6.52. The molecule has 0 radical (unpaired) electrons. The number of benzene rings is 8. The van der Waals surface area contributed by atoms with Crippen molar-refractivity contribution in [2.45, 2.75) is 0 Å². The van der Waals surface area contributed by atoms with Crippen LogP contribution in [0, 0.1) is 0 Å². The van der Waals surface area contributed by atoms with E-state index in [4.69, 9.17) is 19.4 Å². The third-order valence-electron chi connectivity index (χ3n) is 10.5. The molecule has 0 fully saturated rings. The number of nitrogens with zero attached hydrogens (tertiary/aromatic N) is 3. The van der Waals surface area contributed by atoms with Crippen LogP contribution in [0.25, 0.3) is 111 Å². The number of furan rings is 1. The maximum atomic E-state index is 6.31. The highest BCUT2D eigenvalue weighted by atomic mass is 16.3. The zero-order valence-electron chi connectivity index (χ0n) is 28.5. The Labute approximate surface area is 305 Å². The van der Waals surface area contributed by atoms with Crippen LogP contribution in [0.3, 0.4) is 0 Å². The van der Waals surface area contributed by atoms with Crippen LogP contribution in [0.2, 0.25) is 0 Å². The van der Waals surface area contributed by atoms with Gasteiger partial charge in [-0.25, -0.2) is 15.0 Å². The lowest BCUT2D eigenvalue weighted by Gasteiger charge is -2.15. The molecule has 0 N–H and O–H groups in total. The Bertz CT molecular complexity index is 3060. The van der Waals surface area contributed by atoms with E-state index in [0.29, 0.717) is 17.5 Å². The second-order valence-electron chi connectivity index (χ2n) is 13.5. The van der Waals surface area contributed by atoms with Crippen molar-refractivity contribution in [2.24, 2.45) is 0 Å². The molecule has 1 aliphatic rings. The van der Waals surface area contributed by atoms with Crippen LogP contribution in [0.5, 0.6) is 0 Å². The van der Waals surface area contributed by atoms with Crippen LogP contribution < -0.4 is 0 Å². The number of rotatable bonds is 5. The van der Waals surface area contributed by atoms with Gasteiger partial charge in [-0.3, -0.25) is 0 Å². The summed E-state index contributed by atoms with van der Waals surface area (Å²) in [5, 5.41) is 4.57. The van der Waals surface area contributed by atoms with Crippen molar-refractivity contribution in [1.82, 2.24) is 15.0 Å². The minimum absolute atomic E-state index is 0.595. The van der Waals surface area contributed by atoms with E-state index < -0.39 is 0 Å². The molecule has 0 unspecified atom stereocenters. The number of aromatic nitrogens is 3. The second kappa shape index (κ2) is 11.7. The average Bonchev–Trinajstić information content (AvgIpc) is 3.78. The van der Waals surface area contributed by atoms with Crippen LogP contribution in [0.4, 0.5) is 0 Å². The molecule has 53 heavy (non-hydrogen) atoms. The van der Waals surface area contributed by atoms with Gasteiger partial charge in [0.15, 0.2) is 17.5 Å². The molecule has 0 saturated heterocycles. The predicted octanol–water partition coefficient (Wildman–Crippen LogP) is 12.9. The van der Waals surface area contributed by atoms with Gasteiger partial charge < -0.3 is 4.42 Å². The van der Waals surface area contributed by atoms with Gasteiger partial charge in [0.2, 0.25) is 0 Å². The molecule has 2 heterocycles. The first-order valence-corrected chi connectivity index (χ1v) is 17.9. The second-order valence-corrected chi connectivity index (χ2v) is 13.5. The maximum absolute atomic E-state index is 6.31. The SMILES string of the molecule is c1ccc(-c2cccc(-c3nc(-c4ccccc4-c4cccc5c4-c4cccc6cccc-5c46)nc(-c4cccc5oc6ccccc6c45)n3)c2)cc1. The van der Waals surface area contributed by atoms with Gasteiger partial charge in [-0.1, -0.05) is 158 Å². The van der Waals surface area contributed by atoms with E-state index in [1.54, 1.807) is 0 Å². The first-order chi connectivity index (χ1) is 26.3. The molecule has 2 aromatic heterocycles. The van der Waals surface area contributed by atoms with Gasteiger partial charge in [0, 0.05) is 27.5 Å². The molecule has 8 aromatic carbocycles. The summed E-state index contributed by atoms with van der Waals surface area (Å²) in [6, 6.07) is 61.5. The van der Waals surface area contributed by atoms with Crippen molar-refractivity contribution < 1.29 is 4.42 Å². The van der Waals surface area contributed by atoms with E-state index in [-0.39, 0.29) is 0 Å². The topological polar surface area (TPSA) is 51.8 Å². The van der Waals surface area contributed by atoms with E-state index in [0.717, 1.165) is 60.9 Å². The molecular formula is C49H29N3O. The van der Waals surface area contributed by atoms with Gasteiger partial charge in [-0.05, 0) is 73.5 Å². The minimum atomic E-state index is 0.595. The molecule has 11 rings (SSSR count). The summed E-state index contributed by atoms with van der Waals surface area (Å²) in [5.41, 5.74) is 13.9. The first kappa shape index (κ1) is 29.5. The van der Waals surface area contributed by atoms with Crippen molar-refractivity contribution in [2.75, 3.05) is 0 Å². The maximum Gasteiger partial charge on any atom is 0.164 e. The molecule has 0 spiro atoms. The lowest BCUT2D eigenvalue weighted by atomic mass is 9.90. The van der Waals surface area contributed by atoms with Crippen molar-refractivity contribution in [3.63, 3.8) is 0 Å². The van der Waals surface area contributed by atoms with E-state index in [9.17, 15) is 0 Å². The smallest absolute Gasteiger partial charge is 0.164 e. The molecule has 246 valence electrons. The van der Waals surface area contributed by atoms with E-state index >= 15 is 0 Å². The Morgan fingerprint density at radius 2 is 0.868 bits per heavy atom. The summed E-state index contributed by atoms with van der Waals surface area (Å²) in [7, 11) is 0. The van der Waals surface area contributed by atoms with E-state index in [2.05, 4.69) is 140 Å². The normalized spacial score (nSPS) is 11.8. The largest absolute Gasteiger partial charge is 0.456 e. The first-order valence-electron chi connectivity index (χ1n) is 17.9. The highest BCUT2D eigenvalue weighted by molar-refractivity contribution is 6.18. The predicted molar refractivity (Wildman–Crippen MR) is 216 cm³/mol. The standard InChI is InChI=1S/C49H29N3O/c1-2-13-30(14-3-1)32-17-8-18-33(29-32)47-50-48(52-49(51-47)41-26-12-28-43-46(41)39-21-6-7-27-42(39)53-43)38-20-5-4-19-34(38)35-23-11-24-37-36-22-9-15-31-16-10-25-40(44(31)36)45(35)37/h1-29H. The summed E-state index contributed by atoms with van der Waals surface area (Å²) in [6.07, 6.45) is 0. The highest BCUT2D eigenvalue weighted by Gasteiger charge is 2.26. The zero-order chi connectivity index (χ0) is 34.9. The Hall–Kier alpha value is -7.17. The molecule has 4 heteroatoms. The zero-order valence-corrected chi connectivity index (χ0v) is 28.5. The third-order valence-corrected chi connectivity index (χ3v) is 10.5. The third kappa shape index (κ3) is 4.66.